The van der Waals surface area contributed by atoms with Crippen LogP contribution in [-0.4, -0.2) is 11.0 Å². The van der Waals surface area contributed by atoms with E-state index in [0.717, 1.165) is 16.9 Å². The number of nitrogens with zero attached hydrogens (tertiary/aromatic N) is 1. The predicted octanol–water partition coefficient (Wildman–Crippen LogP) is 4.13. The molecule has 1 aromatic heterocycles. The van der Waals surface area contributed by atoms with Crippen LogP contribution in [0.2, 0.25) is 0 Å². The minimum absolute atomic E-state index is 0.308. The Morgan fingerprint density at radius 3 is 2.43 bits per heavy atom. The van der Waals surface area contributed by atoms with E-state index in [1.165, 1.54) is 12.3 Å². The van der Waals surface area contributed by atoms with Crippen molar-refractivity contribution in [2.45, 2.75) is 40.3 Å². The number of benzene rings is 1. The molecule has 0 spiro atoms. The van der Waals surface area contributed by atoms with Crippen molar-refractivity contribution in [2.24, 2.45) is 0 Å². The summed E-state index contributed by atoms with van der Waals surface area (Å²) in [6, 6.07) is 7.73. The lowest BCUT2D eigenvalue weighted by Crippen LogP contribution is -2.22. The van der Waals surface area contributed by atoms with E-state index < -0.39 is 0 Å². The van der Waals surface area contributed by atoms with E-state index in [1.807, 2.05) is 39.8 Å². The van der Waals surface area contributed by atoms with Crippen LogP contribution in [0.4, 0.5) is 4.39 Å². The monoisotopic (exact) mass is 288 g/mol. The molecule has 0 unspecified atom stereocenters. The number of ether oxygens (including phenoxy) is 1. The topological polar surface area (TPSA) is 34.1 Å². The van der Waals surface area contributed by atoms with Crippen molar-refractivity contribution in [3.05, 3.63) is 53.0 Å². The van der Waals surface area contributed by atoms with Gasteiger partial charge >= 0.3 is 0 Å². The van der Waals surface area contributed by atoms with Gasteiger partial charge in [-0.1, -0.05) is 19.9 Å². The first-order valence-electron chi connectivity index (χ1n) is 7.08. The minimum Gasteiger partial charge on any atom is -0.439 e. The average Bonchev–Trinajstić information content (AvgIpc) is 2.37. The molecule has 0 atom stereocenters. The third-order valence-electron chi connectivity index (χ3n) is 3.00. The molecule has 1 heterocycles. The zero-order valence-electron chi connectivity index (χ0n) is 12.9. The molecule has 21 heavy (non-hydrogen) atoms. The van der Waals surface area contributed by atoms with Crippen molar-refractivity contribution < 1.29 is 9.13 Å². The van der Waals surface area contributed by atoms with Crippen LogP contribution in [0, 0.1) is 19.7 Å². The standard InChI is InChI=1S/C17H21FN2O/c1-11(2)19-9-14-8-15(18)10-20-17(14)21-16-6-12(3)5-13(4)7-16/h5-8,10-11,19H,9H2,1-4H3. The molecule has 0 radical (unpaired) electrons. The van der Waals surface area contributed by atoms with Gasteiger partial charge in [-0.15, -0.1) is 0 Å². The van der Waals surface area contributed by atoms with Crippen LogP contribution in [0.25, 0.3) is 0 Å². The summed E-state index contributed by atoms with van der Waals surface area (Å²) >= 11 is 0. The number of rotatable bonds is 5. The smallest absolute Gasteiger partial charge is 0.223 e. The van der Waals surface area contributed by atoms with E-state index in [1.54, 1.807) is 0 Å². The second-order valence-corrected chi connectivity index (χ2v) is 5.58. The highest BCUT2D eigenvalue weighted by Gasteiger charge is 2.09. The minimum atomic E-state index is -0.358. The van der Waals surface area contributed by atoms with E-state index in [0.29, 0.717) is 24.0 Å². The molecule has 2 aromatic rings. The van der Waals surface area contributed by atoms with Gasteiger partial charge in [-0.3, -0.25) is 0 Å². The third-order valence-corrected chi connectivity index (χ3v) is 3.00. The Hall–Kier alpha value is -1.94. The maximum atomic E-state index is 13.4. The number of nitrogens with one attached hydrogen (secondary N) is 1. The lowest BCUT2D eigenvalue weighted by Gasteiger charge is -2.13. The first kappa shape index (κ1) is 15.4. The van der Waals surface area contributed by atoms with Gasteiger partial charge in [0, 0.05) is 18.2 Å². The number of aromatic nitrogens is 1. The normalized spacial score (nSPS) is 11.0. The Bertz CT molecular complexity index is 606. The Morgan fingerprint density at radius 2 is 1.81 bits per heavy atom. The summed E-state index contributed by atoms with van der Waals surface area (Å²) in [5.41, 5.74) is 2.95. The molecule has 0 saturated heterocycles. The molecule has 0 amide bonds. The molecule has 1 aromatic carbocycles. The van der Waals surface area contributed by atoms with Gasteiger partial charge in [-0.25, -0.2) is 9.37 Å². The van der Waals surface area contributed by atoms with Gasteiger partial charge < -0.3 is 10.1 Å². The van der Waals surface area contributed by atoms with Gasteiger partial charge in [0.15, 0.2) is 0 Å². The molecule has 4 heteroatoms. The van der Waals surface area contributed by atoms with E-state index in [2.05, 4.69) is 16.4 Å². The van der Waals surface area contributed by atoms with Gasteiger partial charge in [-0.2, -0.15) is 0 Å². The molecule has 0 saturated carbocycles. The molecule has 112 valence electrons. The van der Waals surface area contributed by atoms with Gasteiger partial charge in [0.05, 0.1) is 6.20 Å². The number of pyridine rings is 1. The zero-order chi connectivity index (χ0) is 15.4. The van der Waals surface area contributed by atoms with Crippen molar-refractivity contribution in [1.82, 2.24) is 10.3 Å². The van der Waals surface area contributed by atoms with Gasteiger partial charge in [0.1, 0.15) is 11.6 Å². The average molecular weight is 288 g/mol. The molecular weight excluding hydrogens is 267 g/mol. The molecule has 0 bridgehead atoms. The fourth-order valence-corrected chi connectivity index (χ4v) is 2.10. The summed E-state index contributed by atoms with van der Waals surface area (Å²) in [7, 11) is 0. The molecule has 2 rings (SSSR count). The second-order valence-electron chi connectivity index (χ2n) is 5.58. The van der Waals surface area contributed by atoms with Crippen LogP contribution in [0.5, 0.6) is 11.6 Å². The van der Waals surface area contributed by atoms with Crippen LogP contribution in [0.15, 0.2) is 30.5 Å². The maximum absolute atomic E-state index is 13.4. The van der Waals surface area contributed by atoms with Crippen molar-refractivity contribution >= 4 is 0 Å². The zero-order valence-corrected chi connectivity index (χ0v) is 12.9. The summed E-state index contributed by atoms with van der Waals surface area (Å²) in [5, 5.41) is 3.25. The Kier molecular flexibility index (Phi) is 4.91. The summed E-state index contributed by atoms with van der Waals surface area (Å²) in [6.07, 6.45) is 1.18. The highest BCUT2D eigenvalue weighted by atomic mass is 19.1. The summed E-state index contributed by atoms with van der Waals surface area (Å²) in [6.45, 7) is 8.62. The van der Waals surface area contributed by atoms with Crippen molar-refractivity contribution in [3.63, 3.8) is 0 Å². The van der Waals surface area contributed by atoms with Crippen molar-refractivity contribution in [1.29, 1.82) is 0 Å². The van der Waals surface area contributed by atoms with Crippen LogP contribution in [-0.2, 0) is 6.54 Å². The fourth-order valence-electron chi connectivity index (χ4n) is 2.10. The van der Waals surface area contributed by atoms with E-state index >= 15 is 0 Å². The van der Waals surface area contributed by atoms with Crippen LogP contribution in [0.3, 0.4) is 0 Å². The maximum Gasteiger partial charge on any atom is 0.223 e. The van der Waals surface area contributed by atoms with E-state index in [4.69, 9.17) is 4.74 Å². The first-order valence-corrected chi connectivity index (χ1v) is 7.08. The lowest BCUT2D eigenvalue weighted by molar-refractivity contribution is 0.445. The van der Waals surface area contributed by atoms with Gasteiger partial charge in [0.2, 0.25) is 5.88 Å². The summed E-state index contributed by atoms with van der Waals surface area (Å²) in [5.74, 6) is 0.801. The molecule has 0 fully saturated rings. The first-order chi connectivity index (χ1) is 9.94. The fraction of sp³-hybridized carbons (Fsp3) is 0.353. The number of aryl methyl sites for hydroxylation is 2. The summed E-state index contributed by atoms with van der Waals surface area (Å²) in [4.78, 5) is 4.07. The van der Waals surface area contributed by atoms with Gasteiger partial charge in [-0.05, 0) is 43.2 Å². The van der Waals surface area contributed by atoms with Crippen molar-refractivity contribution in [3.8, 4) is 11.6 Å². The molecule has 3 nitrogen and oxygen atoms in total. The summed E-state index contributed by atoms with van der Waals surface area (Å²) < 4.78 is 19.2. The number of hydrogen-bond donors (Lipinski definition) is 1. The molecule has 0 aliphatic rings. The van der Waals surface area contributed by atoms with Crippen LogP contribution >= 0.6 is 0 Å². The Labute approximate surface area is 125 Å². The largest absolute Gasteiger partial charge is 0.439 e. The Morgan fingerprint density at radius 1 is 1.14 bits per heavy atom. The third kappa shape index (κ3) is 4.53. The molecule has 1 N–H and O–H groups in total. The van der Waals surface area contributed by atoms with Crippen LogP contribution < -0.4 is 10.1 Å². The highest BCUT2D eigenvalue weighted by Crippen LogP contribution is 2.25. The number of hydrogen-bond acceptors (Lipinski definition) is 3. The lowest BCUT2D eigenvalue weighted by atomic mass is 10.1. The van der Waals surface area contributed by atoms with Crippen molar-refractivity contribution in [2.75, 3.05) is 0 Å². The molecule has 0 aliphatic carbocycles. The quantitative estimate of drug-likeness (QED) is 0.898. The highest BCUT2D eigenvalue weighted by molar-refractivity contribution is 5.37. The Balaban J connectivity index is 2.25. The second kappa shape index (κ2) is 6.68. The number of halogens is 1. The predicted molar refractivity (Wildman–Crippen MR) is 82.2 cm³/mol. The SMILES string of the molecule is Cc1cc(C)cc(Oc2ncc(F)cc2CNC(C)C)c1. The van der Waals surface area contributed by atoms with Gasteiger partial charge in [0.25, 0.3) is 0 Å². The van der Waals surface area contributed by atoms with Crippen LogP contribution in [0.1, 0.15) is 30.5 Å². The van der Waals surface area contributed by atoms with E-state index in [-0.39, 0.29) is 5.82 Å². The molecule has 0 aliphatic heterocycles. The molecular formula is C17H21FN2O. The van der Waals surface area contributed by atoms with E-state index in [9.17, 15) is 4.39 Å².